The smallest absolute Gasteiger partial charge is 0.287 e. The summed E-state index contributed by atoms with van der Waals surface area (Å²) in [6.07, 6.45) is 1.43. The molecular weight excluding hydrogens is 292 g/mol. The van der Waals surface area contributed by atoms with Crippen LogP contribution in [-0.4, -0.2) is 17.9 Å². The summed E-state index contributed by atoms with van der Waals surface area (Å²) in [5.41, 5.74) is 1.01. The highest BCUT2D eigenvalue weighted by molar-refractivity contribution is 5.95. The van der Waals surface area contributed by atoms with E-state index < -0.39 is 11.9 Å². The Bertz CT molecular complexity index is 636. The second-order valence-electron chi connectivity index (χ2n) is 5.81. The van der Waals surface area contributed by atoms with E-state index in [4.69, 9.17) is 4.42 Å². The van der Waals surface area contributed by atoms with Crippen LogP contribution in [0.5, 0.6) is 0 Å². The predicted octanol–water partition coefficient (Wildman–Crippen LogP) is 2.91. The van der Waals surface area contributed by atoms with Crippen LogP contribution in [0.25, 0.3) is 0 Å². The Morgan fingerprint density at radius 1 is 0.957 bits per heavy atom. The number of furan rings is 1. The van der Waals surface area contributed by atoms with Crippen LogP contribution in [0.15, 0.2) is 53.1 Å². The van der Waals surface area contributed by atoms with E-state index in [1.807, 2.05) is 51.1 Å². The zero-order valence-electron chi connectivity index (χ0n) is 13.6. The lowest BCUT2D eigenvalue weighted by molar-refractivity contribution is -0.124. The van der Waals surface area contributed by atoms with Crippen molar-refractivity contribution in [3.8, 4) is 0 Å². The van der Waals surface area contributed by atoms with Gasteiger partial charge in [-0.1, -0.05) is 44.2 Å². The summed E-state index contributed by atoms with van der Waals surface area (Å²) in [5, 5.41) is 5.67. The van der Waals surface area contributed by atoms with E-state index in [1.165, 1.54) is 6.26 Å². The summed E-state index contributed by atoms with van der Waals surface area (Å²) in [5.74, 6) is -0.455. The van der Waals surface area contributed by atoms with Gasteiger partial charge in [-0.15, -0.1) is 0 Å². The summed E-state index contributed by atoms with van der Waals surface area (Å²) in [6.45, 7) is 5.69. The molecule has 23 heavy (non-hydrogen) atoms. The number of carbonyl (C=O) groups is 2. The Morgan fingerprint density at radius 2 is 1.65 bits per heavy atom. The Labute approximate surface area is 136 Å². The summed E-state index contributed by atoms with van der Waals surface area (Å²) in [7, 11) is 0. The number of hydrogen-bond donors (Lipinski definition) is 2. The molecule has 5 nitrogen and oxygen atoms in total. The third kappa shape index (κ3) is 4.45. The number of nitrogens with one attached hydrogen (secondary N) is 2. The lowest BCUT2D eigenvalue weighted by Crippen LogP contribution is -2.50. The van der Waals surface area contributed by atoms with Gasteiger partial charge in [0.2, 0.25) is 5.91 Å². The third-order valence-electron chi connectivity index (χ3n) is 3.64. The molecule has 2 N–H and O–H groups in total. The van der Waals surface area contributed by atoms with Crippen LogP contribution < -0.4 is 10.6 Å². The van der Waals surface area contributed by atoms with Gasteiger partial charge in [-0.2, -0.15) is 0 Å². The molecule has 1 aromatic carbocycles. The molecule has 122 valence electrons. The van der Waals surface area contributed by atoms with Crippen molar-refractivity contribution in [2.45, 2.75) is 32.9 Å². The predicted molar refractivity (Wildman–Crippen MR) is 87.8 cm³/mol. The highest BCUT2D eigenvalue weighted by Gasteiger charge is 2.26. The van der Waals surface area contributed by atoms with Gasteiger partial charge in [-0.25, -0.2) is 0 Å². The molecule has 0 bridgehead atoms. The van der Waals surface area contributed by atoms with Crippen molar-refractivity contribution < 1.29 is 14.0 Å². The Balaban J connectivity index is 2.02. The highest BCUT2D eigenvalue weighted by atomic mass is 16.3. The Hall–Kier alpha value is -2.56. The second kappa shape index (κ2) is 7.63. The Kier molecular flexibility index (Phi) is 5.57. The van der Waals surface area contributed by atoms with Gasteiger partial charge in [0.1, 0.15) is 6.04 Å². The van der Waals surface area contributed by atoms with Crippen molar-refractivity contribution in [1.29, 1.82) is 0 Å². The molecule has 0 fully saturated rings. The summed E-state index contributed by atoms with van der Waals surface area (Å²) in [4.78, 5) is 24.6. The van der Waals surface area contributed by atoms with Gasteiger partial charge >= 0.3 is 0 Å². The number of hydrogen-bond acceptors (Lipinski definition) is 3. The molecule has 0 aliphatic heterocycles. The maximum Gasteiger partial charge on any atom is 0.287 e. The topological polar surface area (TPSA) is 71.3 Å². The molecular formula is C18H22N2O3. The molecule has 0 radical (unpaired) electrons. The fourth-order valence-corrected chi connectivity index (χ4v) is 2.28. The first kappa shape index (κ1) is 16.8. The largest absolute Gasteiger partial charge is 0.459 e. The van der Waals surface area contributed by atoms with Crippen LogP contribution in [0.4, 0.5) is 0 Å². The zero-order valence-corrected chi connectivity index (χ0v) is 13.6. The molecule has 0 saturated heterocycles. The molecule has 2 atom stereocenters. The first-order chi connectivity index (χ1) is 11.0. The first-order valence-electron chi connectivity index (χ1n) is 7.68. The van der Waals surface area contributed by atoms with Crippen molar-refractivity contribution in [2.75, 3.05) is 0 Å². The maximum absolute atomic E-state index is 12.5. The molecule has 2 amide bonds. The van der Waals surface area contributed by atoms with Crippen LogP contribution in [0.1, 0.15) is 42.9 Å². The highest BCUT2D eigenvalue weighted by Crippen LogP contribution is 2.13. The van der Waals surface area contributed by atoms with Crippen LogP contribution in [-0.2, 0) is 4.79 Å². The molecule has 2 unspecified atom stereocenters. The molecule has 0 aliphatic rings. The standard InChI is InChI=1S/C18H22N2O3/c1-12(2)16(20-17(21)15-10-7-11-23-15)18(22)19-13(3)14-8-5-4-6-9-14/h4-13,16H,1-3H3,(H,19,22)(H,20,21). The fourth-order valence-electron chi connectivity index (χ4n) is 2.28. The van der Waals surface area contributed by atoms with Crippen LogP contribution in [0, 0.1) is 5.92 Å². The number of rotatable bonds is 6. The lowest BCUT2D eigenvalue weighted by atomic mass is 10.0. The molecule has 0 aliphatic carbocycles. The van der Waals surface area contributed by atoms with Crippen molar-refractivity contribution in [3.63, 3.8) is 0 Å². The van der Waals surface area contributed by atoms with Gasteiger partial charge in [-0.3, -0.25) is 9.59 Å². The molecule has 2 rings (SSSR count). The molecule has 0 spiro atoms. The van der Waals surface area contributed by atoms with Crippen molar-refractivity contribution >= 4 is 11.8 Å². The van der Waals surface area contributed by atoms with Crippen molar-refractivity contribution in [1.82, 2.24) is 10.6 Å². The quantitative estimate of drug-likeness (QED) is 0.861. The van der Waals surface area contributed by atoms with E-state index >= 15 is 0 Å². The summed E-state index contributed by atoms with van der Waals surface area (Å²) >= 11 is 0. The van der Waals surface area contributed by atoms with E-state index in [0.29, 0.717) is 0 Å². The van der Waals surface area contributed by atoms with Gasteiger partial charge < -0.3 is 15.1 Å². The minimum Gasteiger partial charge on any atom is -0.459 e. The number of carbonyl (C=O) groups excluding carboxylic acids is 2. The van der Waals surface area contributed by atoms with Gasteiger partial charge in [0.05, 0.1) is 12.3 Å². The van der Waals surface area contributed by atoms with Crippen LogP contribution in [0.3, 0.4) is 0 Å². The van der Waals surface area contributed by atoms with Crippen LogP contribution in [0.2, 0.25) is 0 Å². The summed E-state index contributed by atoms with van der Waals surface area (Å²) < 4.78 is 5.06. The number of amides is 2. The van der Waals surface area contributed by atoms with Gasteiger partial charge in [-0.05, 0) is 30.5 Å². The first-order valence-corrected chi connectivity index (χ1v) is 7.68. The van der Waals surface area contributed by atoms with E-state index in [0.717, 1.165) is 5.56 Å². The van der Waals surface area contributed by atoms with Gasteiger partial charge in [0.15, 0.2) is 5.76 Å². The van der Waals surface area contributed by atoms with Gasteiger partial charge in [0.25, 0.3) is 5.91 Å². The number of benzene rings is 1. The molecule has 5 heteroatoms. The molecule has 1 heterocycles. The van der Waals surface area contributed by atoms with E-state index in [1.54, 1.807) is 12.1 Å². The third-order valence-corrected chi connectivity index (χ3v) is 3.64. The molecule has 0 saturated carbocycles. The van der Waals surface area contributed by atoms with Crippen molar-refractivity contribution in [2.24, 2.45) is 5.92 Å². The minimum absolute atomic E-state index is 0.0446. The van der Waals surface area contributed by atoms with E-state index in [9.17, 15) is 9.59 Å². The SMILES string of the molecule is CC(NC(=O)C(NC(=O)c1ccco1)C(C)C)c1ccccc1. The Morgan fingerprint density at radius 3 is 2.22 bits per heavy atom. The average Bonchev–Trinajstić information content (AvgIpc) is 3.07. The summed E-state index contributed by atoms with van der Waals surface area (Å²) in [6, 6.07) is 12.1. The lowest BCUT2D eigenvalue weighted by Gasteiger charge is -2.24. The average molecular weight is 314 g/mol. The maximum atomic E-state index is 12.5. The van der Waals surface area contributed by atoms with Gasteiger partial charge in [0, 0.05) is 0 Å². The minimum atomic E-state index is -0.626. The van der Waals surface area contributed by atoms with Crippen LogP contribution >= 0.6 is 0 Å². The van der Waals surface area contributed by atoms with E-state index in [2.05, 4.69) is 10.6 Å². The van der Waals surface area contributed by atoms with Crippen molar-refractivity contribution in [3.05, 3.63) is 60.1 Å². The van der Waals surface area contributed by atoms with E-state index in [-0.39, 0.29) is 23.6 Å². The second-order valence-corrected chi connectivity index (χ2v) is 5.81. The zero-order chi connectivity index (χ0) is 16.8. The fraction of sp³-hybridized carbons (Fsp3) is 0.333. The monoisotopic (exact) mass is 314 g/mol. The molecule has 2 aromatic rings. The molecule has 1 aromatic heterocycles. The normalized spacial score (nSPS) is 13.4.